The van der Waals surface area contributed by atoms with Gasteiger partial charge in [-0.25, -0.2) is 4.98 Å². The zero-order chi connectivity index (χ0) is 19.8. The Morgan fingerprint density at radius 3 is 2.54 bits per heavy atom. The van der Waals surface area contributed by atoms with Gasteiger partial charge in [0, 0.05) is 12.2 Å². The summed E-state index contributed by atoms with van der Waals surface area (Å²) in [5.41, 5.74) is 3.59. The van der Waals surface area contributed by atoms with E-state index in [-0.39, 0.29) is 12.0 Å². The van der Waals surface area contributed by atoms with Crippen LogP contribution < -0.4 is 15.4 Å². The number of carbonyl (C=O) groups excluding carboxylic acids is 1. The molecule has 5 heteroatoms. The van der Waals surface area contributed by atoms with Crippen LogP contribution in [0.25, 0.3) is 0 Å². The number of ether oxygens (including phenoxy) is 1. The molecule has 1 aromatic carbocycles. The van der Waals surface area contributed by atoms with Crippen LogP contribution in [0.1, 0.15) is 56.4 Å². The lowest BCUT2D eigenvalue weighted by Gasteiger charge is -2.13. The molecule has 1 aliphatic rings. The number of aromatic nitrogens is 1. The lowest BCUT2D eigenvalue weighted by molar-refractivity contribution is 0.102. The van der Waals surface area contributed by atoms with E-state index in [1.54, 1.807) is 17.8 Å². The molecule has 0 unspecified atom stereocenters. The van der Waals surface area contributed by atoms with Crippen molar-refractivity contribution in [1.82, 2.24) is 4.98 Å². The van der Waals surface area contributed by atoms with Gasteiger partial charge in [-0.1, -0.05) is 11.6 Å². The molecule has 1 amide bonds. The second kappa shape index (κ2) is 9.93. The lowest BCUT2D eigenvalue weighted by atomic mass is 9.97. The van der Waals surface area contributed by atoms with E-state index in [2.05, 4.69) is 21.7 Å². The first-order chi connectivity index (χ1) is 13.6. The Bertz CT molecular complexity index is 796. The number of allylic oxidation sites excluding steroid dienone is 1. The molecule has 1 aliphatic carbocycles. The van der Waals surface area contributed by atoms with Crippen LogP contribution in [0, 0.1) is 0 Å². The summed E-state index contributed by atoms with van der Waals surface area (Å²) in [6, 6.07) is 11.0. The van der Waals surface area contributed by atoms with E-state index in [4.69, 9.17) is 4.74 Å². The summed E-state index contributed by atoms with van der Waals surface area (Å²) in [7, 11) is 0. The predicted octanol–water partition coefficient (Wildman–Crippen LogP) is 5.42. The number of nitrogens with zero attached hydrogens (tertiary/aromatic N) is 1. The Morgan fingerprint density at radius 2 is 1.89 bits per heavy atom. The van der Waals surface area contributed by atoms with Crippen molar-refractivity contribution >= 4 is 17.3 Å². The number of benzene rings is 1. The Labute approximate surface area is 167 Å². The van der Waals surface area contributed by atoms with Crippen molar-refractivity contribution in [3.8, 4) is 5.75 Å². The minimum atomic E-state index is -0.226. The highest BCUT2D eigenvalue weighted by molar-refractivity contribution is 6.02. The van der Waals surface area contributed by atoms with Gasteiger partial charge in [-0.05, 0) is 82.3 Å². The molecule has 28 heavy (non-hydrogen) atoms. The van der Waals surface area contributed by atoms with Gasteiger partial charge in [0.25, 0.3) is 5.91 Å². The smallest absolute Gasteiger partial charge is 0.274 e. The first-order valence-corrected chi connectivity index (χ1v) is 10.1. The van der Waals surface area contributed by atoms with Gasteiger partial charge in [0.1, 0.15) is 11.4 Å². The number of anilines is 2. The van der Waals surface area contributed by atoms with E-state index >= 15 is 0 Å². The highest BCUT2D eigenvalue weighted by Gasteiger charge is 2.08. The van der Waals surface area contributed by atoms with Crippen molar-refractivity contribution in [2.24, 2.45) is 0 Å². The number of carbonyl (C=O) groups is 1. The van der Waals surface area contributed by atoms with Crippen LogP contribution in [0.15, 0.2) is 54.2 Å². The van der Waals surface area contributed by atoms with Gasteiger partial charge in [0.05, 0.1) is 18.0 Å². The number of rotatable bonds is 8. The summed E-state index contributed by atoms with van der Waals surface area (Å²) in [4.78, 5) is 16.7. The van der Waals surface area contributed by atoms with Crippen LogP contribution in [0.3, 0.4) is 0 Å². The number of hydrogen-bond acceptors (Lipinski definition) is 4. The molecule has 2 aromatic rings. The van der Waals surface area contributed by atoms with Crippen LogP contribution in [0.5, 0.6) is 5.75 Å². The molecule has 0 spiro atoms. The molecular formula is C23H29N3O2. The quantitative estimate of drug-likeness (QED) is 0.601. The van der Waals surface area contributed by atoms with Crippen LogP contribution in [-0.2, 0) is 0 Å². The van der Waals surface area contributed by atoms with Crippen molar-refractivity contribution in [3.63, 3.8) is 0 Å². The first kappa shape index (κ1) is 19.9. The fourth-order valence-electron chi connectivity index (χ4n) is 3.22. The molecule has 2 N–H and O–H groups in total. The van der Waals surface area contributed by atoms with Gasteiger partial charge < -0.3 is 15.4 Å². The van der Waals surface area contributed by atoms with Crippen molar-refractivity contribution in [1.29, 1.82) is 0 Å². The Balaban J connectivity index is 1.48. The minimum absolute atomic E-state index is 0.121. The highest BCUT2D eigenvalue weighted by Crippen LogP contribution is 2.20. The molecule has 1 heterocycles. The van der Waals surface area contributed by atoms with E-state index in [1.165, 1.54) is 25.7 Å². The molecule has 0 radical (unpaired) electrons. The third kappa shape index (κ3) is 6.12. The highest BCUT2D eigenvalue weighted by atomic mass is 16.5. The molecule has 1 aromatic heterocycles. The van der Waals surface area contributed by atoms with Crippen LogP contribution in [0.4, 0.5) is 11.4 Å². The topological polar surface area (TPSA) is 63.2 Å². The number of pyridine rings is 1. The molecule has 148 valence electrons. The van der Waals surface area contributed by atoms with E-state index in [0.29, 0.717) is 11.4 Å². The summed E-state index contributed by atoms with van der Waals surface area (Å²) < 4.78 is 5.61. The maximum atomic E-state index is 12.4. The number of nitrogens with one attached hydrogen (secondary N) is 2. The Morgan fingerprint density at radius 1 is 1.11 bits per heavy atom. The van der Waals surface area contributed by atoms with Crippen LogP contribution >= 0.6 is 0 Å². The molecule has 0 saturated heterocycles. The number of amides is 1. The summed E-state index contributed by atoms with van der Waals surface area (Å²) in [5.74, 6) is 0.557. The van der Waals surface area contributed by atoms with Gasteiger partial charge in [-0.2, -0.15) is 0 Å². The van der Waals surface area contributed by atoms with Gasteiger partial charge in [0.2, 0.25) is 0 Å². The first-order valence-electron chi connectivity index (χ1n) is 10.1. The Kier molecular flexibility index (Phi) is 7.06. The third-order valence-corrected chi connectivity index (χ3v) is 4.64. The zero-order valence-electron chi connectivity index (χ0n) is 16.7. The fraction of sp³-hybridized carbons (Fsp3) is 0.391. The molecule has 0 atom stereocenters. The molecular weight excluding hydrogens is 350 g/mol. The van der Waals surface area contributed by atoms with E-state index < -0.39 is 0 Å². The van der Waals surface area contributed by atoms with E-state index in [0.717, 1.165) is 24.4 Å². The van der Waals surface area contributed by atoms with Gasteiger partial charge >= 0.3 is 0 Å². The van der Waals surface area contributed by atoms with Crippen LogP contribution in [-0.4, -0.2) is 23.5 Å². The second-order valence-electron chi connectivity index (χ2n) is 7.36. The number of hydrogen-bond donors (Lipinski definition) is 2. The summed E-state index contributed by atoms with van der Waals surface area (Å²) in [5, 5.41) is 6.24. The lowest BCUT2D eigenvalue weighted by Crippen LogP contribution is -2.14. The summed E-state index contributed by atoms with van der Waals surface area (Å²) in [6.07, 6.45) is 10.3. The van der Waals surface area contributed by atoms with Gasteiger partial charge in [-0.3, -0.25) is 4.79 Å². The normalized spacial score (nSPS) is 13.8. The van der Waals surface area contributed by atoms with E-state index in [1.807, 2.05) is 44.2 Å². The van der Waals surface area contributed by atoms with E-state index in [9.17, 15) is 4.79 Å². The molecule has 0 aliphatic heterocycles. The third-order valence-electron chi connectivity index (χ3n) is 4.64. The minimum Gasteiger partial charge on any atom is -0.491 e. The average Bonchev–Trinajstić information content (AvgIpc) is 2.70. The summed E-state index contributed by atoms with van der Waals surface area (Å²) >= 11 is 0. The van der Waals surface area contributed by atoms with Crippen LogP contribution in [0.2, 0.25) is 0 Å². The molecule has 0 saturated carbocycles. The molecule has 0 fully saturated rings. The average molecular weight is 380 g/mol. The van der Waals surface area contributed by atoms with Crippen molar-refractivity contribution < 1.29 is 9.53 Å². The molecule has 5 nitrogen and oxygen atoms in total. The zero-order valence-corrected chi connectivity index (χ0v) is 16.7. The monoisotopic (exact) mass is 379 g/mol. The van der Waals surface area contributed by atoms with Crippen molar-refractivity contribution in [3.05, 3.63) is 59.9 Å². The van der Waals surface area contributed by atoms with Crippen molar-refractivity contribution in [2.45, 2.75) is 52.1 Å². The predicted molar refractivity (Wildman–Crippen MR) is 114 cm³/mol. The summed E-state index contributed by atoms with van der Waals surface area (Å²) in [6.45, 7) is 4.85. The van der Waals surface area contributed by atoms with Crippen molar-refractivity contribution in [2.75, 3.05) is 17.2 Å². The molecule has 3 rings (SSSR count). The largest absolute Gasteiger partial charge is 0.491 e. The SMILES string of the molecule is CC(C)Oc1ccc(NC(=O)c2ccc(NCCC3=CCCCC3)cn2)cc1. The maximum absolute atomic E-state index is 12.4. The maximum Gasteiger partial charge on any atom is 0.274 e. The van der Waals surface area contributed by atoms with Gasteiger partial charge in [0.15, 0.2) is 0 Å². The molecule has 0 bridgehead atoms. The second-order valence-corrected chi connectivity index (χ2v) is 7.36. The van der Waals surface area contributed by atoms with Gasteiger partial charge in [-0.15, -0.1) is 0 Å². The fourth-order valence-corrected chi connectivity index (χ4v) is 3.22. The standard InChI is InChI=1S/C23H29N3O2/c1-17(2)28-21-11-8-19(9-12-21)26-23(27)22-13-10-20(16-25-22)24-15-14-18-6-4-3-5-7-18/h6,8-13,16-17,24H,3-5,7,14-15H2,1-2H3,(H,26,27). The Hall–Kier alpha value is -2.82.